The molecule has 0 bridgehead atoms. The highest BCUT2D eigenvalue weighted by atomic mass is 32.2. The molecule has 124 valence electrons. The summed E-state index contributed by atoms with van der Waals surface area (Å²) >= 11 is 3.26. The van der Waals surface area contributed by atoms with Crippen molar-refractivity contribution < 1.29 is 4.79 Å². The first-order valence-electron chi connectivity index (χ1n) is 7.86. The van der Waals surface area contributed by atoms with Crippen molar-refractivity contribution in [2.75, 3.05) is 5.75 Å². The van der Waals surface area contributed by atoms with E-state index in [0.717, 1.165) is 20.8 Å². The Labute approximate surface area is 150 Å². The summed E-state index contributed by atoms with van der Waals surface area (Å²) in [6, 6.07) is 14.7. The standard InChI is InChI=1S/C19H20N2OS2/c1-13-4-7-15(8-5-13)23-11-10-18(22)20-19-21(3)16-9-6-14(2)12-17(16)24-19/h4-9,12H,10-11H2,1-3H3. The third kappa shape index (κ3) is 3.97. The number of benzene rings is 2. The maximum absolute atomic E-state index is 12.2. The number of amides is 1. The second-order valence-corrected chi connectivity index (χ2v) is 8.01. The van der Waals surface area contributed by atoms with Crippen molar-refractivity contribution in [1.29, 1.82) is 0 Å². The number of aromatic nitrogens is 1. The van der Waals surface area contributed by atoms with E-state index in [1.54, 1.807) is 23.1 Å². The Kier molecular flexibility index (Phi) is 5.21. The van der Waals surface area contributed by atoms with Gasteiger partial charge in [-0.15, -0.1) is 11.8 Å². The number of thioether (sulfide) groups is 1. The molecular formula is C19H20N2OS2. The number of carbonyl (C=O) groups excluding carboxylic acids is 1. The average Bonchev–Trinajstić information content (AvgIpc) is 2.84. The fourth-order valence-corrected chi connectivity index (χ4v) is 4.38. The Morgan fingerprint density at radius 2 is 1.83 bits per heavy atom. The van der Waals surface area contributed by atoms with Crippen LogP contribution in [-0.2, 0) is 11.8 Å². The molecule has 1 amide bonds. The Balaban J connectivity index is 1.68. The van der Waals surface area contributed by atoms with Gasteiger partial charge in [0, 0.05) is 24.1 Å². The topological polar surface area (TPSA) is 34.4 Å². The van der Waals surface area contributed by atoms with Crippen molar-refractivity contribution in [2.24, 2.45) is 12.0 Å². The van der Waals surface area contributed by atoms with E-state index in [-0.39, 0.29) is 5.91 Å². The molecule has 0 saturated heterocycles. The molecule has 1 heterocycles. The molecule has 0 aliphatic rings. The number of hydrogen-bond acceptors (Lipinski definition) is 3. The fourth-order valence-electron chi connectivity index (χ4n) is 2.40. The third-order valence-electron chi connectivity index (χ3n) is 3.79. The van der Waals surface area contributed by atoms with Gasteiger partial charge in [0.25, 0.3) is 0 Å². The van der Waals surface area contributed by atoms with Gasteiger partial charge < -0.3 is 4.57 Å². The third-order valence-corrected chi connectivity index (χ3v) is 5.90. The Hall–Kier alpha value is -1.85. The SMILES string of the molecule is Cc1ccc(SCCC(=O)N=c2sc3cc(C)ccc3n2C)cc1. The first-order valence-corrected chi connectivity index (χ1v) is 9.66. The molecule has 3 aromatic rings. The average molecular weight is 357 g/mol. The van der Waals surface area contributed by atoms with Crippen molar-refractivity contribution in [3.05, 3.63) is 58.4 Å². The van der Waals surface area contributed by atoms with Gasteiger partial charge in [-0.05, 0) is 43.7 Å². The number of thiazole rings is 1. The van der Waals surface area contributed by atoms with Crippen molar-refractivity contribution in [2.45, 2.75) is 25.2 Å². The molecule has 3 nitrogen and oxygen atoms in total. The van der Waals surface area contributed by atoms with E-state index in [2.05, 4.69) is 61.3 Å². The van der Waals surface area contributed by atoms with Crippen LogP contribution in [0, 0.1) is 13.8 Å². The van der Waals surface area contributed by atoms with Crippen LogP contribution in [0.3, 0.4) is 0 Å². The number of nitrogens with zero attached hydrogens (tertiary/aromatic N) is 2. The first-order chi connectivity index (χ1) is 11.5. The summed E-state index contributed by atoms with van der Waals surface area (Å²) in [6.07, 6.45) is 0.450. The number of aryl methyl sites for hydroxylation is 3. The highest BCUT2D eigenvalue weighted by Gasteiger charge is 2.06. The summed E-state index contributed by atoms with van der Waals surface area (Å²) in [5.41, 5.74) is 3.58. The van der Waals surface area contributed by atoms with Crippen molar-refractivity contribution in [1.82, 2.24) is 4.57 Å². The van der Waals surface area contributed by atoms with Crippen LogP contribution in [-0.4, -0.2) is 16.2 Å². The number of carbonyl (C=O) groups is 1. The minimum absolute atomic E-state index is 0.0616. The van der Waals surface area contributed by atoms with Crippen LogP contribution in [0.4, 0.5) is 0 Å². The summed E-state index contributed by atoms with van der Waals surface area (Å²) in [6.45, 7) is 4.15. The van der Waals surface area contributed by atoms with Gasteiger partial charge in [-0.3, -0.25) is 4.79 Å². The van der Waals surface area contributed by atoms with Gasteiger partial charge in [0.1, 0.15) is 0 Å². The summed E-state index contributed by atoms with van der Waals surface area (Å²) in [7, 11) is 1.96. The molecule has 0 N–H and O–H groups in total. The second-order valence-electron chi connectivity index (χ2n) is 5.83. The molecule has 0 radical (unpaired) electrons. The Morgan fingerprint density at radius 3 is 2.58 bits per heavy atom. The molecule has 5 heteroatoms. The molecule has 24 heavy (non-hydrogen) atoms. The van der Waals surface area contributed by atoms with E-state index in [1.165, 1.54) is 16.0 Å². The molecule has 0 saturated carbocycles. The van der Waals surface area contributed by atoms with E-state index in [0.29, 0.717) is 6.42 Å². The van der Waals surface area contributed by atoms with Crippen molar-refractivity contribution in [3.8, 4) is 0 Å². The van der Waals surface area contributed by atoms with E-state index < -0.39 is 0 Å². The van der Waals surface area contributed by atoms with Gasteiger partial charge in [0.2, 0.25) is 5.91 Å². The van der Waals surface area contributed by atoms with E-state index in [9.17, 15) is 4.79 Å². The van der Waals surface area contributed by atoms with Gasteiger partial charge >= 0.3 is 0 Å². The van der Waals surface area contributed by atoms with Gasteiger partial charge in [-0.25, -0.2) is 0 Å². The summed E-state index contributed by atoms with van der Waals surface area (Å²) < 4.78 is 3.16. The highest BCUT2D eigenvalue weighted by molar-refractivity contribution is 7.99. The van der Waals surface area contributed by atoms with Crippen LogP contribution in [0.5, 0.6) is 0 Å². The van der Waals surface area contributed by atoms with Crippen LogP contribution in [0.2, 0.25) is 0 Å². The molecule has 2 aromatic carbocycles. The normalized spacial score (nSPS) is 12.0. The van der Waals surface area contributed by atoms with Crippen molar-refractivity contribution >= 4 is 39.2 Å². The highest BCUT2D eigenvalue weighted by Crippen LogP contribution is 2.20. The lowest BCUT2D eigenvalue weighted by Crippen LogP contribution is -2.13. The van der Waals surface area contributed by atoms with Crippen LogP contribution < -0.4 is 4.80 Å². The minimum atomic E-state index is -0.0616. The summed E-state index contributed by atoms with van der Waals surface area (Å²) in [5.74, 6) is 0.688. The van der Waals surface area contributed by atoms with Gasteiger partial charge in [-0.1, -0.05) is 35.1 Å². The summed E-state index contributed by atoms with van der Waals surface area (Å²) in [4.78, 5) is 18.4. The second kappa shape index (κ2) is 7.36. The van der Waals surface area contributed by atoms with E-state index >= 15 is 0 Å². The zero-order chi connectivity index (χ0) is 17.1. The van der Waals surface area contributed by atoms with Crippen LogP contribution in [0.1, 0.15) is 17.5 Å². The lowest BCUT2D eigenvalue weighted by atomic mass is 10.2. The van der Waals surface area contributed by atoms with Crippen LogP contribution in [0.15, 0.2) is 52.4 Å². The molecular weight excluding hydrogens is 336 g/mol. The van der Waals surface area contributed by atoms with Crippen LogP contribution in [0.25, 0.3) is 10.2 Å². The summed E-state index contributed by atoms with van der Waals surface area (Å²) in [5, 5.41) is 0. The monoisotopic (exact) mass is 356 g/mol. The molecule has 0 atom stereocenters. The van der Waals surface area contributed by atoms with E-state index in [1.807, 2.05) is 11.6 Å². The van der Waals surface area contributed by atoms with Gasteiger partial charge in [0.15, 0.2) is 4.80 Å². The first kappa shape index (κ1) is 17.0. The lowest BCUT2D eigenvalue weighted by Gasteiger charge is -2.00. The Morgan fingerprint density at radius 1 is 1.12 bits per heavy atom. The fraction of sp³-hybridized carbons (Fsp3) is 0.263. The van der Waals surface area contributed by atoms with Crippen molar-refractivity contribution in [3.63, 3.8) is 0 Å². The zero-order valence-electron chi connectivity index (χ0n) is 14.1. The quantitative estimate of drug-likeness (QED) is 0.647. The zero-order valence-corrected chi connectivity index (χ0v) is 15.7. The van der Waals surface area contributed by atoms with Crippen LogP contribution >= 0.6 is 23.1 Å². The lowest BCUT2D eigenvalue weighted by molar-refractivity contribution is -0.117. The predicted octanol–water partition coefficient (Wildman–Crippen LogP) is 4.47. The minimum Gasteiger partial charge on any atom is -0.319 e. The number of fused-ring (bicyclic) bond motifs is 1. The molecule has 1 aromatic heterocycles. The maximum Gasteiger partial charge on any atom is 0.249 e. The molecule has 0 fully saturated rings. The molecule has 0 aliphatic heterocycles. The van der Waals surface area contributed by atoms with Gasteiger partial charge in [0.05, 0.1) is 10.2 Å². The molecule has 0 spiro atoms. The largest absolute Gasteiger partial charge is 0.319 e. The Bertz CT molecular complexity index is 936. The maximum atomic E-state index is 12.2. The predicted molar refractivity (Wildman–Crippen MR) is 103 cm³/mol. The number of hydrogen-bond donors (Lipinski definition) is 0. The smallest absolute Gasteiger partial charge is 0.249 e. The van der Waals surface area contributed by atoms with E-state index in [4.69, 9.17) is 0 Å². The van der Waals surface area contributed by atoms with Gasteiger partial charge in [-0.2, -0.15) is 4.99 Å². The molecule has 0 aliphatic carbocycles. The molecule has 0 unspecified atom stereocenters. The number of rotatable bonds is 4. The molecule has 3 rings (SSSR count).